The van der Waals surface area contributed by atoms with Crippen molar-refractivity contribution >= 4 is 11.9 Å². The van der Waals surface area contributed by atoms with Crippen LogP contribution in [0.5, 0.6) is 0 Å². The lowest BCUT2D eigenvalue weighted by atomic mass is 9.94. The van der Waals surface area contributed by atoms with Crippen molar-refractivity contribution in [2.45, 2.75) is 65.6 Å². The van der Waals surface area contributed by atoms with E-state index >= 15 is 0 Å². The van der Waals surface area contributed by atoms with Gasteiger partial charge < -0.3 is 9.47 Å². The van der Waals surface area contributed by atoms with Gasteiger partial charge in [-0.25, -0.2) is 9.59 Å². The highest BCUT2D eigenvalue weighted by Gasteiger charge is 2.30. The van der Waals surface area contributed by atoms with E-state index in [0.717, 1.165) is 36.8 Å². The molecule has 2 atom stereocenters. The van der Waals surface area contributed by atoms with Gasteiger partial charge in [0.05, 0.1) is 0 Å². The summed E-state index contributed by atoms with van der Waals surface area (Å²) in [5, 5.41) is 0. The zero-order valence-corrected chi connectivity index (χ0v) is 12.8. The van der Waals surface area contributed by atoms with Crippen LogP contribution in [0.25, 0.3) is 0 Å². The lowest BCUT2D eigenvalue weighted by Gasteiger charge is -2.30. The van der Waals surface area contributed by atoms with Gasteiger partial charge >= 0.3 is 11.9 Å². The lowest BCUT2D eigenvalue weighted by molar-refractivity contribution is -0.165. The number of hydrogen-bond donors (Lipinski definition) is 0. The zero-order chi connectivity index (χ0) is 15.1. The molecule has 0 saturated heterocycles. The molecule has 0 unspecified atom stereocenters. The van der Waals surface area contributed by atoms with Gasteiger partial charge in [0.15, 0.2) is 0 Å². The first-order chi connectivity index (χ1) is 9.38. The third-order valence-corrected chi connectivity index (χ3v) is 2.99. The zero-order valence-electron chi connectivity index (χ0n) is 12.8. The van der Waals surface area contributed by atoms with E-state index in [-0.39, 0.29) is 24.1 Å². The smallest absolute Gasteiger partial charge is 0.331 e. The molecule has 0 radical (unpaired) electrons. The maximum absolute atomic E-state index is 11.7. The molecule has 1 aliphatic carbocycles. The number of carbonyl (C=O) groups is 2. The molecule has 1 aliphatic rings. The molecule has 0 aliphatic heterocycles. The molecular formula is C16H24O4. The predicted octanol–water partition coefficient (Wildman–Crippen LogP) is 3.32. The van der Waals surface area contributed by atoms with Crippen LogP contribution in [0.3, 0.4) is 0 Å². The van der Waals surface area contributed by atoms with E-state index in [1.165, 1.54) is 12.2 Å². The van der Waals surface area contributed by atoms with Gasteiger partial charge in [-0.2, -0.15) is 0 Å². The van der Waals surface area contributed by atoms with Crippen molar-refractivity contribution in [3.63, 3.8) is 0 Å². The largest absolute Gasteiger partial charge is 0.455 e. The van der Waals surface area contributed by atoms with E-state index in [4.69, 9.17) is 9.47 Å². The maximum atomic E-state index is 11.7. The fraction of sp³-hybridized carbons (Fsp3) is 0.625. The highest BCUT2D eigenvalue weighted by atomic mass is 16.6. The van der Waals surface area contributed by atoms with Crippen LogP contribution >= 0.6 is 0 Å². The van der Waals surface area contributed by atoms with E-state index in [1.807, 2.05) is 27.7 Å². The third kappa shape index (κ3) is 6.04. The van der Waals surface area contributed by atoms with Crippen molar-refractivity contribution < 1.29 is 19.1 Å². The Kier molecular flexibility index (Phi) is 6.49. The van der Waals surface area contributed by atoms with Crippen molar-refractivity contribution in [3.8, 4) is 0 Å². The first-order valence-corrected chi connectivity index (χ1v) is 7.09. The van der Waals surface area contributed by atoms with E-state index < -0.39 is 0 Å². The Bertz CT molecular complexity index is 372. The molecule has 0 amide bonds. The quantitative estimate of drug-likeness (QED) is 0.585. The molecule has 0 N–H and O–H groups in total. The second-order valence-electron chi connectivity index (χ2n) is 5.68. The molecule has 0 heterocycles. The van der Waals surface area contributed by atoms with Crippen LogP contribution in [0.4, 0.5) is 0 Å². The highest BCUT2D eigenvalue weighted by Crippen LogP contribution is 2.24. The Balaban J connectivity index is 2.62. The number of rotatable bonds is 4. The summed E-state index contributed by atoms with van der Waals surface area (Å²) in [5.41, 5.74) is 1.78. The normalized spacial score (nSPS) is 21.6. The Hall–Kier alpha value is -1.58. The fourth-order valence-electron chi connectivity index (χ4n) is 2.17. The summed E-state index contributed by atoms with van der Waals surface area (Å²) >= 11 is 0. The van der Waals surface area contributed by atoms with Gasteiger partial charge in [0.1, 0.15) is 12.2 Å². The van der Waals surface area contributed by atoms with Crippen LogP contribution in [0.1, 0.15) is 53.4 Å². The second-order valence-corrected chi connectivity index (χ2v) is 5.68. The van der Waals surface area contributed by atoms with E-state index in [0.29, 0.717) is 0 Å². The van der Waals surface area contributed by atoms with Crippen molar-refractivity contribution in [3.05, 3.63) is 23.3 Å². The minimum absolute atomic E-state index is 0.332. The van der Waals surface area contributed by atoms with E-state index in [9.17, 15) is 9.59 Å². The van der Waals surface area contributed by atoms with Gasteiger partial charge in [0.2, 0.25) is 0 Å². The lowest BCUT2D eigenvalue weighted by Crippen LogP contribution is -2.37. The SMILES string of the molecule is CC(C)=CC(=O)O[C@@H]1CCCC[C@H]1OC(=O)C=C(C)C. The summed E-state index contributed by atoms with van der Waals surface area (Å²) in [7, 11) is 0. The molecule has 4 nitrogen and oxygen atoms in total. The molecule has 1 rings (SSSR count). The van der Waals surface area contributed by atoms with Crippen molar-refractivity contribution in [1.82, 2.24) is 0 Å². The summed E-state index contributed by atoms with van der Waals surface area (Å²) in [5.74, 6) is -0.722. The number of ether oxygens (including phenoxy) is 2. The molecular weight excluding hydrogens is 256 g/mol. The van der Waals surface area contributed by atoms with Crippen LogP contribution in [0.2, 0.25) is 0 Å². The van der Waals surface area contributed by atoms with Crippen LogP contribution in [-0.2, 0) is 19.1 Å². The van der Waals surface area contributed by atoms with Crippen LogP contribution < -0.4 is 0 Å². The van der Waals surface area contributed by atoms with Gasteiger partial charge in [-0.15, -0.1) is 0 Å². The van der Waals surface area contributed by atoms with Gasteiger partial charge in [0.25, 0.3) is 0 Å². The van der Waals surface area contributed by atoms with E-state index in [2.05, 4.69) is 0 Å². The van der Waals surface area contributed by atoms with Gasteiger partial charge in [0, 0.05) is 12.2 Å². The number of carbonyl (C=O) groups excluding carboxylic acids is 2. The van der Waals surface area contributed by atoms with Crippen molar-refractivity contribution in [1.29, 1.82) is 0 Å². The first-order valence-electron chi connectivity index (χ1n) is 7.09. The molecule has 0 aromatic carbocycles. The standard InChI is InChI=1S/C16H24O4/c1-11(2)9-15(17)19-13-7-5-6-8-14(13)20-16(18)10-12(3)4/h9-10,13-14H,5-8H2,1-4H3/t13-,14-/m1/s1. The molecule has 20 heavy (non-hydrogen) atoms. The Morgan fingerprint density at radius 1 is 0.800 bits per heavy atom. The Labute approximate surface area is 120 Å². The van der Waals surface area contributed by atoms with Crippen LogP contribution in [0.15, 0.2) is 23.3 Å². The molecule has 1 fully saturated rings. The highest BCUT2D eigenvalue weighted by molar-refractivity contribution is 5.83. The molecule has 112 valence electrons. The molecule has 0 spiro atoms. The summed E-state index contributed by atoms with van der Waals surface area (Å²) in [6.45, 7) is 7.37. The average molecular weight is 280 g/mol. The molecule has 0 aromatic heterocycles. The molecule has 1 saturated carbocycles. The van der Waals surface area contributed by atoms with Gasteiger partial charge in [-0.3, -0.25) is 0 Å². The average Bonchev–Trinajstić information content (AvgIpc) is 2.29. The summed E-state index contributed by atoms with van der Waals surface area (Å²) < 4.78 is 10.8. The maximum Gasteiger partial charge on any atom is 0.331 e. The number of allylic oxidation sites excluding steroid dienone is 2. The van der Waals surface area contributed by atoms with Crippen molar-refractivity contribution in [2.24, 2.45) is 0 Å². The van der Waals surface area contributed by atoms with Crippen LogP contribution in [-0.4, -0.2) is 24.1 Å². The third-order valence-electron chi connectivity index (χ3n) is 2.99. The minimum atomic E-state index is -0.361. The summed E-state index contributed by atoms with van der Waals surface area (Å²) in [6, 6.07) is 0. The Morgan fingerprint density at radius 2 is 1.15 bits per heavy atom. The summed E-state index contributed by atoms with van der Waals surface area (Å²) in [4.78, 5) is 23.4. The topological polar surface area (TPSA) is 52.6 Å². The monoisotopic (exact) mass is 280 g/mol. The van der Waals surface area contributed by atoms with E-state index in [1.54, 1.807) is 0 Å². The predicted molar refractivity (Wildman–Crippen MR) is 77.1 cm³/mol. The number of esters is 2. The van der Waals surface area contributed by atoms with Crippen molar-refractivity contribution in [2.75, 3.05) is 0 Å². The first kappa shape index (κ1) is 16.5. The molecule has 0 bridgehead atoms. The minimum Gasteiger partial charge on any atom is -0.455 e. The number of hydrogen-bond acceptors (Lipinski definition) is 4. The second kappa shape index (κ2) is 7.88. The Morgan fingerprint density at radius 3 is 1.45 bits per heavy atom. The van der Waals surface area contributed by atoms with Gasteiger partial charge in [-0.05, 0) is 53.4 Å². The molecule has 0 aromatic rings. The van der Waals surface area contributed by atoms with Gasteiger partial charge in [-0.1, -0.05) is 11.1 Å². The van der Waals surface area contributed by atoms with Crippen LogP contribution in [0, 0.1) is 0 Å². The summed E-state index contributed by atoms with van der Waals surface area (Å²) in [6.07, 6.45) is 5.73. The molecule has 4 heteroatoms. The fourth-order valence-corrected chi connectivity index (χ4v) is 2.17.